The molecule has 2 aromatic carbocycles. The van der Waals surface area contributed by atoms with Crippen molar-refractivity contribution in [1.82, 2.24) is 0 Å². The number of rotatable bonds is 2. The Labute approximate surface area is 135 Å². The van der Waals surface area contributed by atoms with Crippen LogP contribution in [0.3, 0.4) is 0 Å². The number of carbonyl (C=O) groups excluding carboxylic acids is 1. The number of alkyl halides is 3. The van der Waals surface area contributed by atoms with Crippen molar-refractivity contribution in [2.45, 2.75) is 25.4 Å². The first-order valence-corrected chi connectivity index (χ1v) is 7.35. The van der Waals surface area contributed by atoms with E-state index in [0.29, 0.717) is 12.1 Å². The topological polar surface area (TPSA) is 55.1 Å². The second kappa shape index (κ2) is 5.81. The van der Waals surface area contributed by atoms with Crippen molar-refractivity contribution in [2.75, 3.05) is 11.1 Å². The fourth-order valence-electron chi connectivity index (χ4n) is 2.86. The summed E-state index contributed by atoms with van der Waals surface area (Å²) in [6.07, 6.45) is -2.12. The van der Waals surface area contributed by atoms with Gasteiger partial charge in [-0.25, -0.2) is 4.39 Å². The molecule has 0 fully saturated rings. The Morgan fingerprint density at radius 3 is 2.42 bits per heavy atom. The van der Waals surface area contributed by atoms with Crippen LogP contribution in [0.1, 0.15) is 33.5 Å². The summed E-state index contributed by atoms with van der Waals surface area (Å²) in [4.78, 5) is 12.3. The molecule has 1 amide bonds. The van der Waals surface area contributed by atoms with Crippen molar-refractivity contribution >= 4 is 17.3 Å². The van der Waals surface area contributed by atoms with E-state index in [1.807, 2.05) is 0 Å². The molecule has 3 rings (SSSR count). The molecule has 0 unspecified atom stereocenters. The van der Waals surface area contributed by atoms with E-state index in [1.54, 1.807) is 12.1 Å². The second-order valence-corrected chi connectivity index (χ2v) is 5.71. The first kappa shape index (κ1) is 16.3. The van der Waals surface area contributed by atoms with Crippen molar-refractivity contribution in [1.29, 1.82) is 0 Å². The number of aryl methyl sites for hydroxylation is 2. The average Bonchev–Trinajstić information content (AvgIpc) is 2.94. The molecular formula is C17H14F4N2O. The van der Waals surface area contributed by atoms with Crippen molar-refractivity contribution in [2.24, 2.45) is 0 Å². The molecule has 24 heavy (non-hydrogen) atoms. The van der Waals surface area contributed by atoms with E-state index >= 15 is 0 Å². The van der Waals surface area contributed by atoms with Gasteiger partial charge < -0.3 is 11.1 Å². The lowest BCUT2D eigenvalue weighted by atomic mass is 10.0. The summed E-state index contributed by atoms with van der Waals surface area (Å²) < 4.78 is 51.5. The zero-order chi connectivity index (χ0) is 17.5. The molecule has 126 valence electrons. The van der Waals surface area contributed by atoms with Gasteiger partial charge in [-0.15, -0.1) is 0 Å². The molecule has 0 radical (unpaired) electrons. The highest BCUT2D eigenvalue weighted by atomic mass is 19.4. The fourth-order valence-corrected chi connectivity index (χ4v) is 2.86. The summed E-state index contributed by atoms with van der Waals surface area (Å²) in [6, 6.07) is 5.71. The predicted molar refractivity (Wildman–Crippen MR) is 82.2 cm³/mol. The zero-order valence-corrected chi connectivity index (χ0v) is 12.5. The standard InChI is InChI=1S/C17H14F4N2O/c18-14-5-4-11(8-13(14)17(19,20)21)23-16(24)12-6-9-2-1-3-10(9)7-15(12)22/h4-8H,1-3,22H2,(H,23,24). The molecule has 0 saturated carbocycles. The Balaban J connectivity index is 1.88. The van der Waals surface area contributed by atoms with Crippen molar-refractivity contribution in [3.8, 4) is 0 Å². The average molecular weight is 338 g/mol. The number of nitrogen functional groups attached to an aromatic ring is 1. The van der Waals surface area contributed by atoms with Gasteiger partial charge in [0, 0.05) is 11.4 Å². The Hall–Kier alpha value is -2.57. The van der Waals surface area contributed by atoms with Crippen LogP contribution in [0.15, 0.2) is 30.3 Å². The Morgan fingerprint density at radius 1 is 1.08 bits per heavy atom. The second-order valence-electron chi connectivity index (χ2n) is 5.71. The van der Waals surface area contributed by atoms with Crippen LogP contribution in [0.5, 0.6) is 0 Å². The first-order valence-electron chi connectivity index (χ1n) is 7.35. The molecule has 0 aromatic heterocycles. The van der Waals surface area contributed by atoms with E-state index in [-0.39, 0.29) is 16.9 Å². The lowest BCUT2D eigenvalue weighted by molar-refractivity contribution is -0.139. The zero-order valence-electron chi connectivity index (χ0n) is 12.5. The van der Waals surface area contributed by atoms with Gasteiger partial charge in [0.25, 0.3) is 5.91 Å². The third-order valence-electron chi connectivity index (χ3n) is 4.04. The third-order valence-corrected chi connectivity index (χ3v) is 4.04. The van der Waals surface area contributed by atoms with Gasteiger partial charge in [-0.2, -0.15) is 13.2 Å². The Kier molecular flexibility index (Phi) is 3.95. The van der Waals surface area contributed by atoms with Gasteiger partial charge in [0.1, 0.15) is 5.82 Å². The van der Waals surface area contributed by atoms with Gasteiger partial charge in [0.15, 0.2) is 0 Å². The Bertz CT molecular complexity index is 815. The molecule has 3 N–H and O–H groups in total. The molecule has 2 aromatic rings. The number of benzene rings is 2. The monoisotopic (exact) mass is 338 g/mol. The number of halogens is 4. The number of nitrogens with one attached hydrogen (secondary N) is 1. The van der Waals surface area contributed by atoms with Gasteiger partial charge in [-0.05, 0) is 60.7 Å². The number of amides is 1. The minimum atomic E-state index is -4.84. The van der Waals surface area contributed by atoms with E-state index in [2.05, 4.69) is 5.32 Å². The summed E-state index contributed by atoms with van der Waals surface area (Å²) >= 11 is 0. The molecule has 0 spiro atoms. The smallest absolute Gasteiger partial charge is 0.398 e. The highest BCUT2D eigenvalue weighted by Gasteiger charge is 2.34. The molecule has 1 aliphatic carbocycles. The minimum absolute atomic E-state index is 0.145. The van der Waals surface area contributed by atoms with Crippen molar-refractivity contribution in [3.05, 3.63) is 58.4 Å². The largest absolute Gasteiger partial charge is 0.419 e. The van der Waals surface area contributed by atoms with Crippen LogP contribution >= 0.6 is 0 Å². The number of hydrogen-bond acceptors (Lipinski definition) is 2. The van der Waals surface area contributed by atoms with Crippen molar-refractivity contribution in [3.63, 3.8) is 0 Å². The molecule has 0 saturated heterocycles. The predicted octanol–water partition coefficient (Wildman–Crippen LogP) is 4.17. The SMILES string of the molecule is Nc1cc2c(cc1C(=O)Nc1ccc(F)c(C(F)(F)F)c1)CCC2. The molecule has 3 nitrogen and oxygen atoms in total. The molecule has 0 bridgehead atoms. The van der Waals surface area contributed by atoms with Crippen molar-refractivity contribution < 1.29 is 22.4 Å². The lowest BCUT2D eigenvalue weighted by Gasteiger charge is -2.12. The first-order chi connectivity index (χ1) is 11.3. The number of anilines is 2. The maximum atomic E-state index is 13.3. The Morgan fingerprint density at radius 2 is 1.75 bits per heavy atom. The van der Waals surface area contributed by atoms with Crippen LogP contribution in [-0.2, 0) is 19.0 Å². The summed E-state index contributed by atoms with van der Waals surface area (Å²) in [6.45, 7) is 0. The van der Waals surface area contributed by atoms with Crippen LogP contribution in [0.2, 0.25) is 0 Å². The van der Waals surface area contributed by atoms with E-state index in [0.717, 1.165) is 36.5 Å². The number of carbonyl (C=O) groups is 1. The number of hydrogen-bond donors (Lipinski definition) is 2. The van der Waals surface area contributed by atoms with Crippen LogP contribution in [0.25, 0.3) is 0 Å². The van der Waals surface area contributed by atoms with Crippen LogP contribution < -0.4 is 11.1 Å². The van der Waals surface area contributed by atoms with Crippen LogP contribution in [-0.4, -0.2) is 5.91 Å². The highest BCUT2D eigenvalue weighted by Crippen LogP contribution is 2.33. The number of nitrogens with two attached hydrogens (primary N) is 1. The summed E-state index contributed by atoms with van der Waals surface area (Å²) in [7, 11) is 0. The maximum Gasteiger partial charge on any atom is 0.419 e. The van der Waals surface area contributed by atoms with Gasteiger partial charge in [-0.3, -0.25) is 4.79 Å². The molecular weight excluding hydrogens is 324 g/mol. The van der Waals surface area contributed by atoms with E-state index in [4.69, 9.17) is 5.73 Å². The third kappa shape index (κ3) is 3.06. The van der Waals surface area contributed by atoms with Gasteiger partial charge in [0.2, 0.25) is 0 Å². The van der Waals surface area contributed by atoms with E-state index < -0.39 is 23.5 Å². The maximum absolute atomic E-state index is 13.3. The van der Waals surface area contributed by atoms with Crippen LogP contribution in [0.4, 0.5) is 28.9 Å². The van der Waals surface area contributed by atoms with Gasteiger partial charge in [0.05, 0.1) is 11.1 Å². The molecule has 0 aliphatic heterocycles. The van der Waals surface area contributed by atoms with Gasteiger partial charge in [-0.1, -0.05) is 0 Å². The fraction of sp³-hybridized carbons (Fsp3) is 0.235. The quantitative estimate of drug-likeness (QED) is 0.638. The molecule has 0 atom stereocenters. The molecule has 0 heterocycles. The summed E-state index contributed by atoms with van der Waals surface area (Å²) in [5.41, 5.74) is 6.88. The minimum Gasteiger partial charge on any atom is -0.398 e. The normalized spacial score (nSPS) is 13.7. The van der Waals surface area contributed by atoms with Gasteiger partial charge >= 0.3 is 6.18 Å². The van der Waals surface area contributed by atoms with E-state index in [9.17, 15) is 22.4 Å². The number of fused-ring (bicyclic) bond motifs is 1. The summed E-state index contributed by atoms with van der Waals surface area (Å²) in [5, 5.41) is 2.34. The van der Waals surface area contributed by atoms with Crippen LogP contribution in [0, 0.1) is 5.82 Å². The summed E-state index contributed by atoms with van der Waals surface area (Å²) in [5.74, 6) is -2.01. The molecule has 1 aliphatic rings. The molecule has 7 heteroatoms. The lowest BCUT2D eigenvalue weighted by Crippen LogP contribution is -2.16. The highest BCUT2D eigenvalue weighted by molar-refractivity contribution is 6.08. The van der Waals surface area contributed by atoms with E-state index in [1.165, 1.54) is 0 Å².